The fourth-order valence-corrected chi connectivity index (χ4v) is 1.79. The minimum atomic E-state index is 0.511. The molecule has 3 nitrogen and oxygen atoms in total. The molecule has 1 aromatic carbocycles. The molecule has 0 saturated carbocycles. The quantitative estimate of drug-likeness (QED) is 0.798. The standard InChI is InChI=1S/C14H24N2O/c1-10(2)12(8-15)9-16-14-6-5-13(17-4)7-11(14)3/h5-7,10,12,16H,8-9,15H2,1-4H3. The molecule has 3 N–H and O–H groups in total. The van der Waals surface area contributed by atoms with Crippen molar-refractivity contribution < 1.29 is 4.74 Å². The molecule has 3 heteroatoms. The van der Waals surface area contributed by atoms with Gasteiger partial charge in [-0.2, -0.15) is 0 Å². The van der Waals surface area contributed by atoms with E-state index >= 15 is 0 Å². The summed E-state index contributed by atoms with van der Waals surface area (Å²) in [7, 11) is 1.69. The molecule has 0 saturated heterocycles. The molecule has 0 amide bonds. The number of benzene rings is 1. The van der Waals surface area contributed by atoms with Gasteiger partial charge in [0.1, 0.15) is 5.75 Å². The molecule has 0 aliphatic rings. The SMILES string of the molecule is COc1ccc(NCC(CN)C(C)C)c(C)c1. The van der Waals surface area contributed by atoms with Crippen LogP contribution in [0, 0.1) is 18.8 Å². The van der Waals surface area contributed by atoms with Gasteiger partial charge in [0.05, 0.1) is 7.11 Å². The number of hydrogen-bond donors (Lipinski definition) is 2. The van der Waals surface area contributed by atoms with Crippen LogP contribution in [0.15, 0.2) is 18.2 Å². The van der Waals surface area contributed by atoms with Crippen LogP contribution in [0.25, 0.3) is 0 Å². The fraction of sp³-hybridized carbons (Fsp3) is 0.571. The van der Waals surface area contributed by atoms with Crippen molar-refractivity contribution in [3.05, 3.63) is 23.8 Å². The molecule has 1 aromatic rings. The highest BCUT2D eigenvalue weighted by Gasteiger charge is 2.11. The predicted molar refractivity (Wildman–Crippen MR) is 73.6 cm³/mol. The fourth-order valence-electron chi connectivity index (χ4n) is 1.79. The zero-order valence-electron chi connectivity index (χ0n) is 11.3. The van der Waals surface area contributed by atoms with E-state index in [9.17, 15) is 0 Å². The van der Waals surface area contributed by atoms with Gasteiger partial charge in [-0.05, 0) is 49.1 Å². The van der Waals surface area contributed by atoms with Crippen LogP contribution >= 0.6 is 0 Å². The molecule has 0 bridgehead atoms. The summed E-state index contributed by atoms with van der Waals surface area (Å²) in [5.41, 5.74) is 8.12. The second-order valence-corrected chi connectivity index (χ2v) is 4.80. The Balaban J connectivity index is 2.63. The van der Waals surface area contributed by atoms with Crippen LogP contribution in [0.2, 0.25) is 0 Å². The number of hydrogen-bond acceptors (Lipinski definition) is 3. The van der Waals surface area contributed by atoms with Gasteiger partial charge in [-0.15, -0.1) is 0 Å². The summed E-state index contributed by atoms with van der Waals surface area (Å²) in [4.78, 5) is 0. The summed E-state index contributed by atoms with van der Waals surface area (Å²) >= 11 is 0. The monoisotopic (exact) mass is 236 g/mol. The third kappa shape index (κ3) is 3.93. The summed E-state index contributed by atoms with van der Waals surface area (Å²) in [6, 6.07) is 6.07. The van der Waals surface area contributed by atoms with Crippen LogP contribution in [0.5, 0.6) is 5.75 Å². The molecule has 1 atom stereocenters. The Labute approximate surface area is 104 Å². The summed E-state index contributed by atoms with van der Waals surface area (Å²) in [5, 5.41) is 3.46. The number of rotatable bonds is 6. The maximum absolute atomic E-state index is 5.76. The molecule has 0 spiro atoms. The zero-order valence-corrected chi connectivity index (χ0v) is 11.3. The molecular weight excluding hydrogens is 212 g/mol. The molecule has 1 unspecified atom stereocenters. The van der Waals surface area contributed by atoms with Crippen molar-refractivity contribution in [1.29, 1.82) is 0 Å². The summed E-state index contributed by atoms with van der Waals surface area (Å²) in [6.45, 7) is 8.14. The third-order valence-electron chi connectivity index (χ3n) is 3.23. The van der Waals surface area contributed by atoms with Crippen molar-refractivity contribution >= 4 is 5.69 Å². The Kier molecular flexibility index (Phi) is 5.29. The van der Waals surface area contributed by atoms with E-state index < -0.39 is 0 Å². The van der Waals surface area contributed by atoms with E-state index in [0.717, 1.165) is 24.5 Å². The van der Waals surface area contributed by atoms with Crippen molar-refractivity contribution in [3.8, 4) is 5.75 Å². The van der Waals surface area contributed by atoms with Gasteiger partial charge in [-0.1, -0.05) is 13.8 Å². The zero-order chi connectivity index (χ0) is 12.8. The van der Waals surface area contributed by atoms with Crippen molar-refractivity contribution in [3.63, 3.8) is 0 Å². The Bertz CT molecular complexity index is 350. The molecule has 0 aliphatic carbocycles. The highest BCUT2D eigenvalue weighted by Crippen LogP contribution is 2.21. The van der Waals surface area contributed by atoms with Crippen LogP contribution in [0.4, 0.5) is 5.69 Å². The van der Waals surface area contributed by atoms with Crippen LogP contribution in [0.1, 0.15) is 19.4 Å². The van der Waals surface area contributed by atoms with E-state index in [1.54, 1.807) is 7.11 Å². The highest BCUT2D eigenvalue weighted by atomic mass is 16.5. The maximum Gasteiger partial charge on any atom is 0.119 e. The van der Waals surface area contributed by atoms with Crippen molar-refractivity contribution in [1.82, 2.24) is 0 Å². The van der Waals surface area contributed by atoms with Gasteiger partial charge >= 0.3 is 0 Å². The van der Waals surface area contributed by atoms with Gasteiger partial charge in [-0.3, -0.25) is 0 Å². The first-order valence-corrected chi connectivity index (χ1v) is 6.17. The van der Waals surface area contributed by atoms with Crippen molar-refractivity contribution in [2.24, 2.45) is 17.6 Å². The van der Waals surface area contributed by atoms with E-state index in [1.165, 1.54) is 5.56 Å². The molecule has 0 aliphatic heterocycles. The van der Waals surface area contributed by atoms with E-state index in [2.05, 4.69) is 32.2 Å². The normalized spacial score (nSPS) is 12.6. The first kappa shape index (κ1) is 13.8. The Morgan fingerprint density at radius 2 is 2.06 bits per heavy atom. The molecule has 1 rings (SSSR count). The predicted octanol–water partition coefficient (Wildman–Crippen LogP) is 2.65. The Morgan fingerprint density at radius 1 is 1.35 bits per heavy atom. The first-order chi connectivity index (χ1) is 8.08. The van der Waals surface area contributed by atoms with Crippen LogP contribution in [0.3, 0.4) is 0 Å². The van der Waals surface area contributed by atoms with Gasteiger partial charge in [0.15, 0.2) is 0 Å². The van der Waals surface area contributed by atoms with E-state index in [-0.39, 0.29) is 0 Å². The van der Waals surface area contributed by atoms with Gasteiger partial charge in [0, 0.05) is 12.2 Å². The van der Waals surface area contributed by atoms with Gasteiger partial charge in [0.25, 0.3) is 0 Å². The molecule has 17 heavy (non-hydrogen) atoms. The topological polar surface area (TPSA) is 47.3 Å². The lowest BCUT2D eigenvalue weighted by molar-refractivity contribution is 0.412. The number of nitrogens with one attached hydrogen (secondary N) is 1. The average molecular weight is 236 g/mol. The molecule has 0 aromatic heterocycles. The molecule has 0 fully saturated rings. The van der Waals surface area contributed by atoms with E-state index in [1.807, 2.05) is 12.1 Å². The Hall–Kier alpha value is -1.22. The van der Waals surface area contributed by atoms with Crippen molar-refractivity contribution in [2.75, 3.05) is 25.5 Å². The number of ether oxygens (including phenoxy) is 1. The largest absolute Gasteiger partial charge is 0.497 e. The van der Waals surface area contributed by atoms with Crippen LogP contribution in [-0.2, 0) is 0 Å². The average Bonchev–Trinajstić information content (AvgIpc) is 2.31. The summed E-state index contributed by atoms with van der Waals surface area (Å²) in [6.07, 6.45) is 0. The smallest absolute Gasteiger partial charge is 0.119 e. The van der Waals surface area contributed by atoms with E-state index in [4.69, 9.17) is 10.5 Å². The lowest BCUT2D eigenvalue weighted by Gasteiger charge is -2.20. The van der Waals surface area contributed by atoms with Crippen molar-refractivity contribution in [2.45, 2.75) is 20.8 Å². The third-order valence-corrected chi connectivity index (χ3v) is 3.23. The van der Waals surface area contributed by atoms with Gasteiger partial charge < -0.3 is 15.8 Å². The molecule has 0 radical (unpaired) electrons. The second-order valence-electron chi connectivity index (χ2n) is 4.80. The van der Waals surface area contributed by atoms with Crippen LogP contribution in [-0.4, -0.2) is 20.2 Å². The summed E-state index contributed by atoms with van der Waals surface area (Å²) in [5.74, 6) is 2.01. The minimum Gasteiger partial charge on any atom is -0.497 e. The summed E-state index contributed by atoms with van der Waals surface area (Å²) < 4.78 is 5.19. The molecule has 96 valence electrons. The van der Waals surface area contributed by atoms with Gasteiger partial charge in [0.2, 0.25) is 0 Å². The second kappa shape index (κ2) is 6.50. The lowest BCUT2D eigenvalue weighted by Crippen LogP contribution is -2.27. The van der Waals surface area contributed by atoms with Crippen LogP contribution < -0.4 is 15.8 Å². The van der Waals surface area contributed by atoms with Gasteiger partial charge in [-0.25, -0.2) is 0 Å². The van der Waals surface area contributed by atoms with E-state index in [0.29, 0.717) is 11.8 Å². The number of methoxy groups -OCH3 is 1. The highest BCUT2D eigenvalue weighted by molar-refractivity contribution is 5.53. The number of anilines is 1. The number of nitrogens with two attached hydrogens (primary N) is 1. The minimum absolute atomic E-state index is 0.511. The molecular formula is C14H24N2O. The maximum atomic E-state index is 5.76. The number of aryl methyl sites for hydroxylation is 1. The first-order valence-electron chi connectivity index (χ1n) is 6.17. The lowest BCUT2D eigenvalue weighted by atomic mass is 9.96. The molecule has 0 heterocycles. The Morgan fingerprint density at radius 3 is 2.53 bits per heavy atom.